The van der Waals surface area contributed by atoms with Crippen molar-refractivity contribution in [1.82, 2.24) is 20.2 Å². The molecule has 0 aliphatic heterocycles. The van der Waals surface area contributed by atoms with Crippen LogP contribution in [0.4, 0.5) is 10.1 Å². The van der Waals surface area contributed by atoms with Crippen LogP contribution in [0.25, 0.3) is 11.4 Å². The molecule has 0 unspecified atom stereocenters. The van der Waals surface area contributed by atoms with Gasteiger partial charge < -0.3 is 5.73 Å². The van der Waals surface area contributed by atoms with E-state index in [0.717, 1.165) is 12.8 Å². The largest absolute Gasteiger partial charge is 0.399 e. The molecule has 2 N–H and O–H groups in total. The molecule has 1 aromatic carbocycles. The number of nitrogens with two attached hydrogens (primary N) is 1. The molecule has 0 radical (unpaired) electrons. The quantitative estimate of drug-likeness (QED) is 0.824. The van der Waals surface area contributed by atoms with Crippen LogP contribution < -0.4 is 5.73 Å². The number of anilines is 1. The first kappa shape index (κ1) is 11.1. The van der Waals surface area contributed by atoms with Crippen LogP contribution in [0.15, 0.2) is 18.2 Å². The molecule has 0 saturated heterocycles. The van der Waals surface area contributed by atoms with Gasteiger partial charge in [-0.25, -0.2) is 9.07 Å². The van der Waals surface area contributed by atoms with E-state index in [4.69, 9.17) is 5.73 Å². The third kappa shape index (κ3) is 1.83. The van der Waals surface area contributed by atoms with Gasteiger partial charge in [0, 0.05) is 11.3 Å². The van der Waals surface area contributed by atoms with Gasteiger partial charge in [0.25, 0.3) is 0 Å². The smallest absolute Gasteiger partial charge is 0.182 e. The van der Waals surface area contributed by atoms with Gasteiger partial charge in [0.05, 0.1) is 6.04 Å². The monoisotopic (exact) mass is 247 g/mol. The van der Waals surface area contributed by atoms with E-state index < -0.39 is 0 Å². The second kappa shape index (κ2) is 4.04. The van der Waals surface area contributed by atoms with E-state index >= 15 is 0 Å². The van der Waals surface area contributed by atoms with Crippen LogP contribution in [0.2, 0.25) is 0 Å². The molecule has 6 heteroatoms. The van der Waals surface area contributed by atoms with Gasteiger partial charge in [-0.3, -0.25) is 0 Å². The lowest BCUT2D eigenvalue weighted by Gasteiger charge is -2.32. The average Bonchev–Trinajstić information content (AvgIpc) is 2.71. The number of nitrogen functional groups attached to an aromatic ring is 1. The van der Waals surface area contributed by atoms with Gasteiger partial charge in [-0.1, -0.05) is 6.92 Å². The number of hydrogen-bond donors (Lipinski definition) is 1. The maximum absolute atomic E-state index is 13.4. The van der Waals surface area contributed by atoms with Crippen molar-refractivity contribution in [2.45, 2.75) is 25.8 Å². The van der Waals surface area contributed by atoms with Gasteiger partial charge in [-0.2, -0.15) is 0 Å². The van der Waals surface area contributed by atoms with Crippen molar-refractivity contribution >= 4 is 5.69 Å². The Hall–Kier alpha value is -1.98. The highest BCUT2D eigenvalue weighted by Gasteiger charge is 2.30. The SMILES string of the molecule is CC1CC(n2nnnc2-c2cc(N)cc(F)c2)C1. The van der Waals surface area contributed by atoms with Crippen LogP contribution in [-0.2, 0) is 0 Å². The van der Waals surface area contributed by atoms with Crippen LogP contribution in [0.3, 0.4) is 0 Å². The first-order chi connectivity index (χ1) is 8.63. The lowest BCUT2D eigenvalue weighted by atomic mass is 9.82. The lowest BCUT2D eigenvalue weighted by molar-refractivity contribution is 0.199. The highest BCUT2D eigenvalue weighted by Crippen LogP contribution is 2.38. The van der Waals surface area contributed by atoms with Crippen molar-refractivity contribution in [1.29, 1.82) is 0 Å². The summed E-state index contributed by atoms with van der Waals surface area (Å²) in [7, 11) is 0. The van der Waals surface area contributed by atoms with Gasteiger partial charge in [-0.15, -0.1) is 5.10 Å². The van der Waals surface area contributed by atoms with Crippen molar-refractivity contribution in [2.24, 2.45) is 5.92 Å². The fraction of sp³-hybridized carbons (Fsp3) is 0.417. The number of halogens is 1. The normalized spacial score (nSPS) is 22.8. The molecule has 0 spiro atoms. The van der Waals surface area contributed by atoms with E-state index in [1.54, 1.807) is 10.7 Å². The predicted octanol–water partition coefficient (Wildman–Crippen LogP) is 2.03. The summed E-state index contributed by atoms with van der Waals surface area (Å²) in [5.74, 6) is 0.907. The standard InChI is InChI=1S/C12H14FN5/c1-7-2-11(3-7)18-12(15-16-17-18)8-4-9(13)6-10(14)5-8/h4-7,11H,2-3,14H2,1H3. The van der Waals surface area contributed by atoms with Gasteiger partial charge in [0.15, 0.2) is 5.82 Å². The fourth-order valence-electron chi connectivity index (χ4n) is 2.43. The van der Waals surface area contributed by atoms with Crippen LogP contribution >= 0.6 is 0 Å². The molecule has 0 amide bonds. The zero-order valence-electron chi connectivity index (χ0n) is 10.0. The second-order valence-corrected chi connectivity index (χ2v) is 4.95. The number of aromatic nitrogens is 4. The Morgan fingerprint density at radius 3 is 2.78 bits per heavy atom. The molecule has 1 aliphatic rings. The van der Waals surface area contributed by atoms with Gasteiger partial charge in [-0.05, 0) is 47.4 Å². The highest BCUT2D eigenvalue weighted by atomic mass is 19.1. The first-order valence-electron chi connectivity index (χ1n) is 5.98. The summed E-state index contributed by atoms with van der Waals surface area (Å²) < 4.78 is 15.1. The number of hydrogen-bond acceptors (Lipinski definition) is 4. The summed E-state index contributed by atoms with van der Waals surface area (Å²) in [5.41, 5.74) is 6.64. The van der Waals surface area contributed by atoms with Crippen LogP contribution in [0, 0.1) is 11.7 Å². The van der Waals surface area contributed by atoms with Crippen molar-refractivity contribution in [3.05, 3.63) is 24.0 Å². The van der Waals surface area contributed by atoms with Crippen molar-refractivity contribution < 1.29 is 4.39 Å². The molecule has 1 saturated carbocycles. The summed E-state index contributed by atoms with van der Waals surface area (Å²) >= 11 is 0. The highest BCUT2D eigenvalue weighted by molar-refractivity contribution is 5.61. The first-order valence-corrected chi connectivity index (χ1v) is 5.98. The molecule has 0 bridgehead atoms. The summed E-state index contributed by atoms with van der Waals surface area (Å²) in [5, 5.41) is 11.7. The Bertz CT molecular complexity index is 553. The van der Waals surface area contributed by atoms with Gasteiger partial charge >= 0.3 is 0 Å². The molecule has 1 fully saturated rings. The van der Waals surface area contributed by atoms with Crippen LogP contribution in [-0.4, -0.2) is 20.2 Å². The third-order valence-electron chi connectivity index (χ3n) is 3.37. The molecule has 18 heavy (non-hydrogen) atoms. The van der Waals surface area contributed by atoms with E-state index in [1.165, 1.54) is 12.1 Å². The van der Waals surface area contributed by atoms with Crippen molar-refractivity contribution in [2.75, 3.05) is 5.73 Å². The van der Waals surface area contributed by atoms with Gasteiger partial charge in [0.1, 0.15) is 5.82 Å². The molecule has 0 atom stereocenters. The Morgan fingerprint density at radius 1 is 1.33 bits per heavy atom. The molecule has 3 rings (SSSR count). The van der Waals surface area contributed by atoms with E-state index in [0.29, 0.717) is 29.0 Å². The summed E-state index contributed by atoms with van der Waals surface area (Å²) in [4.78, 5) is 0. The molecular formula is C12H14FN5. The number of tetrazole rings is 1. The Balaban J connectivity index is 1.99. The number of benzene rings is 1. The summed E-state index contributed by atoms with van der Waals surface area (Å²) in [6.07, 6.45) is 2.12. The molecule has 5 nitrogen and oxygen atoms in total. The molecule has 1 heterocycles. The van der Waals surface area contributed by atoms with Crippen molar-refractivity contribution in [3.63, 3.8) is 0 Å². The predicted molar refractivity (Wildman–Crippen MR) is 65.1 cm³/mol. The van der Waals surface area contributed by atoms with Crippen molar-refractivity contribution in [3.8, 4) is 11.4 Å². The maximum atomic E-state index is 13.4. The van der Waals surface area contributed by atoms with E-state index in [1.807, 2.05) is 0 Å². The lowest BCUT2D eigenvalue weighted by Crippen LogP contribution is -2.26. The molecule has 2 aromatic rings. The fourth-order valence-corrected chi connectivity index (χ4v) is 2.43. The van der Waals surface area contributed by atoms with E-state index in [2.05, 4.69) is 22.4 Å². The zero-order valence-corrected chi connectivity index (χ0v) is 10.0. The zero-order chi connectivity index (χ0) is 12.7. The number of nitrogens with zero attached hydrogens (tertiary/aromatic N) is 4. The van der Waals surface area contributed by atoms with E-state index in [-0.39, 0.29) is 5.82 Å². The Kier molecular flexibility index (Phi) is 2.50. The van der Waals surface area contributed by atoms with Crippen LogP contribution in [0.5, 0.6) is 0 Å². The molecule has 1 aliphatic carbocycles. The topological polar surface area (TPSA) is 69.6 Å². The molecule has 94 valence electrons. The average molecular weight is 247 g/mol. The molecular weight excluding hydrogens is 233 g/mol. The third-order valence-corrected chi connectivity index (χ3v) is 3.37. The summed E-state index contributed by atoms with van der Waals surface area (Å²) in [6.45, 7) is 2.20. The Morgan fingerprint density at radius 2 is 2.11 bits per heavy atom. The second-order valence-electron chi connectivity index (χ2n) is 4.95. The van der Waals surface area contributed by atoms with Crippen LogP contribution in [0.1, 0.15) is 25.8 Å². The number of rotatable bonds is 2. The molecule has 1 aromatic heterocycles. The minimum atomic E-state index is -0.374. The summed E-state index contributed by atoms with van der Waals surface area (Å²) in [6, 6.07) is 4.69. The maximum Gasteiger partial charge on any atom is 0.182 e. The minimum absolute atomic E-state index is 0.314. The van der Waals surface area contributed by atoms with E-state index in [9.17, 15) is 4.39 Å². The minimum Gasteiger partial charge on any atom is -0.399 e. The Labute approximate surface area is 104 Å². The van der Waals surface area contributed by atoms with Gasteiger partial charge in [0.2, 0.25) is 0 Å².